The maximum absolute atomic E-state index is 12.4. The zero-order valence-electron chi connectivity index (χ0n) is 8.20. The predicted octanol–water partition coefficient (Wildman–Crippen LogP) is 2.36. The summed E-state index contributed by atoms with van der Waals surface area (Å²) in [6.07, 6.45) is 4.64. The molecular weight excluding hydrogens is 179 g/mol. The topological polar surface area (TPSA) is 25.8 Å². The van der Waals surface area contributed by atoms with E-state index in [1.54, 1.807) is 25.4 Å². The van der Waals surface area contributed by atoms with Crippen molar-refractivity contribution in [1.29, 1.82) is 0 Å². The molecule has 0 fully saturated rings. The van der Waals surface area contributed by atoms with Crippen LogP contribution in [0.5, 0.6) is 0 Å². The van der Waals surface area contributed by atoms with Gasteiger partial charge in [0.15, 0.2) is 0 Å². The number of halogens is 1. The first-order valence-electron chi connectivity index (χ1n) is 4.69. The molecule has 0 aliphatic rings. The van der Waals surface area contributed by atoms with Gasteiger partial charge < -0.3 is 0 Å². The van der Waals surface area contributed by atoms with E-state index in [2.05, 4.69) is 21.8 Å². The fourth-order valence-electron chi connectivity index (χ4n) is 0.977. The lowest BCUT2D eigenvalue weighted by Gasteiger charge is -1.95. The third-order valence-corrected chi connectivity index (χ3v) is 1.67. The molecule has 1 aromatic rings. The van der Waals surface area contributed by atoms with Crippen LogP contribution in [0.15, 0.2) is 18.5 Å². The van der Waals surface area contributed by atoms with E-state index >= 15 is 0 Å². The maximum atomic E-state index is 12.4. The van der Waals surface area contributed by atoms with Gasteiger partial charge in [-0.25, -0.2) is 14.4 Å². The van der Waals surface area contributed by atoms with Crippen molar-refractivity contribution in [1.82, 2.24) is 9.97 Å². The van der Waals surface area contributed by atoms with E-state index in [1.807, 2.05) is 0 Å². The smallest absolute Gasteiger partial charge is 0.204 e. The number of nitrogens with zero attached hydrogens (tertiary/aromatic N) is 2. The number of aromatic nitrogens is 2. The van der Waals surface area contributed by atoms with E-state index in [9.17, 15) is 4.39 Å². The highest BCUT2D eigenvalue weighted by atomic mass is 19.1. The van der Waals surface area contributed by atoms with Gasteiger partial charge in [0.2, 0.25) is 5.82 Å². The molecule has 0 aromatic carbocycles. The molecule has 1 rings (SSSR count). The molecule has 0 aliphatic heterocycles. The molecule has 0 aliphatic carbocycles. The average Bonchev–Trinajstić information content (AvgIpc) is 2.18. The summed E-state index contributed by atoms with van der Waals surface area (Å²) < 4.78 is 12.4. The summed E-state index contributed by atoms with van der Waals surface area (Å²) >= 11 is 0. The van der Waals surface area contributed by atoms with Crippen molar-refractivity contribution in [2.24, 2.45) is 0 Å². The Kier molecular flexibility index (Phi) is 4.63. The molecule has 74 valence electrons. The van der Waals surface area contributed by atoms with Crippen LogP contribution in [0.1, 0.15) is 32.0 Å². The highest BCUT2D eigenvalue weighted by Crippen LogP contribution is 2.02. The molecule has 1 atom stereocenters. The van der Waals surface area contributed by atoms with Gasteiger partial charge in [0.1, 0.15) is 0 Å². The SMILES string of the molecule is CC(F)CCCC#Cc1ncccn1. The molecule has 0 N–H and O–H groups in total. The Morgan fingerprint density at radius 3 is 2.79 bits per heavy atom. The second-order valence-corrected chi connectivity index (χ2v) is 3.05. The third kappa shape index (κ3) is 4.56. The molecule has 2 nitrogen and oxygen atoms in total. The predicted molar refractivity (Wildman–Crippen MR) is 53.3 cm³/mol. The average molecular weight is 192 g/mol. The van der Waals surface area contributed by atoms with Crippen molar-refractivity contribution in [2.75, 3.05) is 0 Å². The highest BCUT2D eigenvalue weighted by molar-refractivity contribution is 5.19. The van der Waals surface area contributed by atoms with Crippen molar-refractivity contribution >= 4 is 0 Å². The summed E-state index contributed by atoms with van der Waals surface area (Å²) in [6, 6.07) is 1.75. The van der Waals surface area contributed by atoms with Crippen LogP contribution in [0.2, 0.25) is 0 Å². The Hall–Kier alpha value is -1.43. The van der Waals surface area contributed by atoms with E-state index in [4.69, 9.17) is 0 Å². The van der Waals surface area contributed by atoms with Gasteiger partial charge >= 0.3 is 0 Å². The second kappa shape index (κ2) is 6.09. The van der Waals surface area contributed by atoms with Crippen LogP contribution in [0.25, 0.3) is 0 Å². The molecule has 0 amide bonds. The van der Waals surface area contributed by atoms with E-state index in [1.165, 1.54) is 0 Å². The number of alkyl halides is 1. The summed E-state index contributed by atoms with van der Waals surface area (Å²) in [5, 5.41) is 0. The Labute approximate surface area is 83.6 Å². The third-order valence-electron chi connectivity index (χ3n) is 1.67. The Balaban J connectivity index is 2.28. The molecule has 0 bridgehead atoms. The minimum absolute atomic E-state index is 0.529. The van der Waals surface area contributed by atoms with Gasteiger partial charge in [-0.1, -0.05) is 5.92 Å². The van der Waals surface area contributed by atoms with Crippen LogP contribution >= 0.6 is 0 Å². The van der Waals surface area contributed by atoms with E-state index in [0.29, 0.717) is 18.7 Å². The van der Waals surface area contributed by atoms with Gasteiger partial charge in [-0.3, -0.25) is 0 Å². The number of unbranched alkanes of at least 4 members (excludes halogenated alkanes) is 1. The zero-order chi connectivity index (χ0) is 10.2. The van der Waals surface area contributed by atoms with Crippen molar-refractivity contribution < 1.29 is 4.39 Å². The van der Waals surface area contributed by atoms with Crippen LogP contribution < -0.4 is 0 Å². The van der Waals surface area contributed by atoms with Gasteiger partial charge in [0.05, 0.1) is 6.17 Å². The van der Waals surface area contributed by atoms with Crippen molar-refractivity contribution in [3.8, 4) is 11.8 Å². The first-order chi connectivity index (χ1) is 6.79. The van der Waals surface area contributed by atoms with Crippen LogP contribution in [0.3, 0.4) is 0 Å². The minimum atomic E-state index is -0.732. The molecule has 1 heterocycles. The summed E-state index contributed by atoms with van der Waals surface area (Å²) in [7, 11) is 0. The van der Waals surface area contributed by atoms with Crippen molar-refractivity contribution in [3.05, 3.63) is 24.3 Å². The van der Waals surface area contributed by atoms with E-state index < -0.39 is 6.17 Å². The van der Waals surface area contributed by atoms with Gasteiger partial charge in [-0.2, -0.15) is 0 Å². The Morgan fingerprint density at radius 2 is 2.14 bits per heavy atom. The van der Waals surface area contributed by atoms with Gasteiger partial charge in [-0.05, 0) is 31.8 Å². The first-order valence-corrected chi connectivity index (χ1v) is 4.69. The van der Waals surface area contributed by atoms with Gasteiger partial charge in [0.25, 0.3) is 0 Å². The van der Waals surface area contributed by atoms with Crippen LogP contribution in [-0.4, -0.2) is 16.1 Å². The van der Waals surface area contributed by atoms with Gasteiger partial charge in [0, 0.05) is 18.8 Å². The normalized spacial score (nSPS) is 11.6. The van der Waals surface area contributed by atoms with Crippen LogP contribution in [0, 0.1) is 11.8 Å². The molecule has 0 saturated carbocycles. The molecule has 1 unspecified atom stereocenters. The first kappa shape index (κ1) is 10.6. The molecule has 0 radical (unpaired) electrons. The lowest BCUT2D eigenvalue weighted by Crippen LogP contribution is -1.90. The summed E-state index contributed by atoms with van der Waals surface area (Å²) in [6.45, 7) is 1.56. The van der Waals surface area contributed by atoms with Gasteiger partial charge in [-0.15, -0.1) is 0 Å². The van der Waals surface area contributed by atoms with Crippen LogP contribution in [0.4, 0.5) is 4.39 Å². The summed E-state index contributed by atoms with van der Waals surface area (Å²) in [5.74, 6) is 6.27. The minimum Gasteiger partial charge on any atom is -0.248 e. The molecule has 3 heteroatoms. The summed E-state index contributed by atoms with van der Waals surface area (Å²) in [5.41, 5.74) is 0. The summed E-state index contributed by atoms with van der Waals surface area (Å²) in [4.78, 5) is 7.91. The number of hydrogen-bond acceptors (Lipinski definition) is 2. The lowest BCUT2D eigenvalue weighted by atomic mass is 10.2. The largest absolute Gasteiger partial charge is 0.248 e. The van der Waals surface area contributed by atoms with Crippen molar-refractivity contribution in [3.63, 3.8) is 0 Å². The molecule has 0 saturated heterocycles. The molecule has 14 heavy (non-hydrogen) atoms. The number of rotatable bonds is 3. The van der Waals surface area contributed by atoms with E-state index in [-0.39, 0.29) is 0 Å². The molecular formula is C11H13FN2. The highest BCUT2D eigenvalue weighted by Gasteiger charge is 1.94. The van der Waals surface area contributed by atoms with E-state index in [0.717, 1.165) is 6.42 Å². The quantitative estimate of drug-likeness (QED) is 0.542. The standard InChI is InChI=1S/C11H13FN2/c1-10(12)6-3-2-4-7-11-13-8-5-9-14-11/h5,8-10H,2-3,6H2,1H3. The van der Waals surface area contributed by atoms with Crippen LogP contribution in [-0.2, 0) is 0 Å². The molecule has 1 aromatic heterocycles. The Morgan fingerprint density at radius 1 is 1.43 bits per heavy atom. The lowest BCUT2D eigenvalue weighted by molar-refractivity contribution is 0.336. The Bertz CT molecular complexity index is 311. The second-order valence-electron chi connectivity index (χ2n) is 3.05. The maximum Gasteiger partial charge on any atom is 0.204 e. The fraction of sp³-hybridized carbons (Fsp3) is 0.455. The fourth-order valence-corrected chi connectivity index (χ4v) is 0.977. The monoisotopic (exact) mass is 192 g/mol. The zero-order valence-corrected chi connectivity index (χ0v) is 8.20. The number of hydrogen-bond donors (Lipinski definition) is 0. The molecule has 0 spiro atoms. The van der Waals surface area contributed by atoms with Crippen molar-refractivity contribution in [2.45, 2.75) is 32.4 Å².